The van der Waals surface area contributed by atoms with Crippen molar-refractivity contribution in [2.75, 3.05) is 62.9 Å². The number of rotatable bonds is 4. The van der Waals surface area contributed by atoms with Crippen LogP contribution in [0.3, 0.4) is 0 Å². The van der Waals surface area contributed by atoms with Crippen LogP contribution in [0, 0.1) is 5.41 Å². The van der Waals surface area contributed by atoms with E-state index >= 15 is 0 Å². The second kappa shape index (κ2) is 9.20. The summed E-state index contributed by atoms with van der Waals surface area (Å²) in [6.07, 6.45) is 2.37. The van der Waals surface area contributed by atoms with Gasteiger partial charge in [-0.2, -0.15) is 0 Å². The number of hydrogen-bond acceptors (Lipinski definition) is 9. The molecule has 1 atom stereocenters. The zero-order chi connectivity index (χ0) is 22.9. The molecule has 2 saturated heterocycles. The fourth-order valence-electron chi connectivity index (χ4n) is 4.04. The van der Waals surface area contributed by atoms with Gasteiger partial charge in [0.05, 0.1) is 31.4 Å². The van der Waals surface area contributed by atoms with Gasteiger partial charge in [0.25, 0.3) is 0 Å². The minimum Gasteiger partial charge on any atom is -0.493 e. The number of hydrogen-bond donors (Lipinski definition) is 2. The number of nitrogens with zero attached hydrogens (tertiary/aromatic N) is 4. The first-order valence-electron chi connectivity index (χ1n) is 10.6. The molecule has 0 saturated carbocycles. The maximum Gasteiger partial charge on any atom is 0.412 e. The van der Waals surface area contributed by atoms with Gasteiger partial charge in [0.15, 0.2) is 5.75 Å². The number of anilines is 2. The monoisotopic (exact) mass is 467 g/mol. The zero-order valence-electron chi connectivity index (χ0n) is 18.3. The van der Waals surface area contributed by atoms with Crippen LogP contribution >= 0.6 is 11.8 Å². The number of aromatic nitrogens is 1. The molecule has 2 fully saturated rings. The highest BCUT2D eigenvalue weighted by Crippen LogP contribution is 2.52. The number of pyridine rings is 1. The van der Waals surface area contributed by atoms with E-state index in [2.05, 4.69) is 9.88 Å². The minimum absolute atomic E-state index is 0.0796. The third-order valence-corrected chi connectivity index (χ3v) is 7.33. The zero-order valence-corrected chi connectivity index (χ0v) is 19.1. The van der Waals surface area contributed by atoms with Gasteiger partial charge in [0.1, 0.15) is 11.5 Å². The van der Waals surface area contributed by atoms with Gasteiger partial charge in [-0.25, -0.2) is 19.5 Å². The first kappa shape index (κ1) is 22.7. The van der Waals surface area contributed by atoms with Gasteiger partial charge in [-0.1, -0.05) is 18.7 Å². The molecule has 1 unspecified atom stereocenters. The number of likely N-dealkylation sites (tertiary alicyclic amines) is 1. The SMILES string of the molecule is COc1cnc(N2CCOCC2)c2c1N(C(N)=O)C(OC(=O)N1CCC(C)(CO)CC1)S2. The molecule has 4 heterocycles. The van der Waals surface area contributed by atoms with Crippen LogP contribution in [0.25, 0.3) is 0 Å². The third kappa shape index (κ3) is 4.26. The summed E-state index contributed by atoms with van der Waals surface area (Å²) in [4.78, 5) is 35.4. The number of nitrogens with two attached hydrogens (primary N) is 1. The predicted octanol–water partition coefficient (Wildman–Crippen LogP) is 1.43. The molecule has 0 spiro atoms. The highest BCUT2D eigenvalue weighted by molar-refractivity contribution is 8.00. The molecule has 12 heteroatoms. The molecule has 3 amide bonds. The Morgan fingerprint density at radius 3 is 2.59 bits per heavy atom. The fourth-order valence-corrected chi connectivity index (χ4v) is 5.29. The molecule has 0 aromatic carbocycles. The molecule has 1 aromatic rings. The number of urea groups is 1. The molecule has 3 aliphatic rings. The highest BCUT2D eigenvalue weighted by Gasteiger charge is 2.43. The molecular weight excluding hydrogens is 438 g/mol. The molecule has 4 rings (SSSR count). The lowest BCUT2D eigenvalue weighted by molar-refractivity contribution is 0.0413. The average Bonchev–Trinajstić information content (AvgIpc) is 3.18. The van der Waals surface area contributed by atoms with Gasteiger partial charge < -0.3 is 34.9 Å². The molecule has 32 heavy (non-hydrogen) atoms. The van der Waals surface area contributed by atoms with Crippen molar-refractivity contribution in [3.63, 3.8) is 0 Å². The highest BCUT2D eigenvalue weighted by atomic mass is 32.2. The molecule has 0 aliphatic carbocycles. The Morgan fingerprint density at radius 2 is 2.00 bits per heavy atom. The van der Waals surface area contributed by atoms with E-state index < -0.39 is 17.7 Å². The van der Waals surface area contributed by atoms with E-state index in [0.29, 0.717) is 74.4 Å². The number of piperidine rings is 1. The summed E-state index contributed by atoms with van der Waals surface area (Å²) >= 11 is 1.21. The first-order valence-corrected chi connectivity index (χ1v) is 11.5. The predicted molar refractivity (Wildman–Crippen MR) is 118 cm³/mol. The van der Waals surface area contributed by atoms with E-state index in [1.165, 1.54) is 23.8 Å². The van der Waals surface area contributed by atoms with Crippen LogP contribution in [0.5, 0.6) is 5.75 Å². The summed E-state index contributed by atoms with van der Waals surface area (Å²) in [6, 6.07) is -0.752. The lowest BCUT2D eigenvalue weighted by atomic mass is 9.81. The average molecular weight is 468 g/mol. The van der Waals surface area contributed by atoms with E-state index in [0.717, 1.165) is 0 Å². The van der Waals surface area contributed by atoms with Crippen LogP contribution in [0.1, 0.15) is 19.8 Å². The molecule has 1 aromatic heterocycles. The van der Waals surface area contributed by atoms with Crippen molar-refractivity contribution < 1.29 is 28.9 Å². The molecule has 0 bridgehead atoms. The number of carbonyl (C=O) groups is 2. The molecule has 0 radical (unpaired) electrons. The number of primary amides is 1. The van der Waals surface area contributed by atoms with E-state index in [1.807, 2.05) is 6.92 Å². The molecule has 3 aliphatic heterocycles. The Labute approximate surface area is 190 Å². The van der Waals surface area contributed by atoms with Crippen LogP contribution in [0.15, 0.2) is 11.1 Å². The van der Waals surface area contributed by atoms with Crippen LogP contribution in [0.4, 0.5) is 21.1 Å². The van der Waals surface area contributed by atoms with Crippen molar-refractivity contribution in [1.29, 1.82) is 0 Å². The number of methoxy groups -OCH3 is 1. The first-order chi connectivity index (χ1) is 15.4. The number of ether oxygens (including phenoxy) is 3. The standard InChI is InChI=1S/C20H29N5O6S/c1-20(12-26)3-5-24(6-4-20)18(28)31-19-25(17(21)27)14-13(29-2)11-22-16(15(14)32-19)23-7-9-30-10-8-23/h11,19,26H,3-10,12H2,1-2H3,(H2,21,27). The molecule has 11 nitrogen and oxygen atoms in total. The molecule has 176 valence electrons. The number of morpholine rings is 1. The summed E-state index contributed by atoms with van der Waals surface area (Å²) in [6.45, 7) is 5.49. The summed E-state index contributed by atoms with van der Waals surface area (Å²) in [5, 5.41) is 9.56. The van der Waals surface area contributed by atoms with E-state index in [9.17, 15) is 14.7 Å². The van der Waals surface area contributed by atoms with E-state index in [1.54, 1.807) is 11.1 Å². The molecular formula is C20H29N5O6S. The summed E-state index contributed by atoms with van der Waals surface area (Å²) in [5.74, 6) is 1.05. The van der Waals surface area contributed by atoms with Gasteiger partial charge in [-0.05, 0) is 18.3 Å². The maximum atomic E-state index is 12.9. The van der Waals surface area contributed by atoms with Crippen LogP contribution in [-0.2, 0) is 9.47 Å². The van der Waals surface area contributed by atoms with Gasteiger partial charge in [0.2, 0.25) is 5.56 Å². The largest absolute Gasteiger partial charge is 0.493 e. The fraction of sp³-hybridized carbons (Fsp3) is 0.650. The Balaban J connectivity index is 1.57. The lowest BCUT2D eigenvalue weighted by Crippen LogP contribution is -2.47. The Kier molecular flexibility index (Phi) is 6.54. The van der Waals surface area contributed by atoms with Gasteiger partial charge >= 0.3 is 12.1 Å². The second-order valence-corrected chi connectivity index (χ2v) is 9.45. The van der Waals surface area contributed by atoms with E-state index in [4.69, 9.17) is 19.9 Å². The quantitative estimate of drug-likeness (QED) is 0.675. The topological polar surface area (TPSA) is 131 Å². The number of aliphatic hydroxyl groups excluding tert-OH is 1. The third-order valence-electron chi connectivity index (χ3n) is 6.21. The van der Waals surface area contributed by atoms with Gasteiger partial charge in [-0.15, -0.1) is 0 Å². The van der Waals surface area contributed by atoms with Crippen molar-refractivity contribution >= 4 is 35.4 Å². The normalized spacial score (nSPS) is 22.5. The van der Waals surface area contributed by atoms with Crippen molar-refractivity contribution in [3.05, 3.63) is 6.20 Å². The molecule has 3 N–H and O–H groups in total. The Morgan fingerprint density at radius 1 is 1.31 bits per heavy atom. The number of aliphatic hydroxyl groups is 1. The van der Waals surface area contributed by atoms with Crippen LogP contribution in [0.2, 0.25) is 0 Å². The summed E-state index contributed by atoms with van der Waals surface area (Å²) < 4.78 is 16.6. The minimum atomic E-state index is -0.973. The Bertz CT molecular complexity index is 872. The van der Waals surface area contributed by atoms with Crippen LogP contribution in [-0.4, -0.2) is 85.8 Å². The maximum absolute atomic E-state index is 12.9. The summed E-state index contributed by atoms with van der Waals surface area (Å²) in [5.41, 5.74) is 4.98. The number of fused-ring (bicyclic) bond motifs is 1. The second-order valence-electron chi connectivity index (χ2n) is 8.40. The smallest absolute Gasteiger partial charge is 0.412 e. The lowest BCUT2D eigenvalue weighted by Gasteiger charge is -2.38. The van der Waals surface area contributed by atoms with Crippen molar-refractivity contribution in [1.82, 2.24) is 9.88 Å². The van der Waals surface area contributed by atoms with Crippen molar-refractivity contribution in [2.24, 2.45) is 11.1 Å². The number of amides is 3. The van der Waals surface area contributed by atoms with E-state index in [-0.39, 0.29) is 12.0 Å². The van der Waals surface area contributed by atoms with Crippen molar-refractivity contribution in [2.45, 2.75) is 30.2 Å². The van der Waals surface area contributed by atoms with Gasteiger partial charge in [0, 0.05) is 32.8 Å². The number of thioether (sulfide) groups is 1. The number of carbonyl (C=O) groups excluding carboxylic acids is 2. The van der Waals surface area contributed by atoms with Gasteiger partial charge in [-0.3, -0.25) is 0 Å². The Hall–Kier alpha value is -2.44. The summed E-state index contributed by atoms with van der Waals surface area (Å²) in [7, 11) is 1.49. The van der Waals surface area contributed by atoms with Crippen LogP contribution < -0.4 is 20.3 Å². The van der Waals surface area contributed by atoms with Crippen molar-refractivity contribution in [3.8, 4) is 5.75 Å².